The van der Waals surface area contributed by atoms with Gasteiger partial charge in [-0.05, 0) is 44.0 Å². The molecule has 0 bridgehead atoms. The molecular weight excluding hydrogens is 262 g/mol. The molecule has 0 saturated heterocycles. The van der Waals surface area contributed by atoms with E-state index >= 15 is 0 Å². The highest BCUT2D eigenvalue weighted by atomic mass is 16.5. The first-order valence-corrected chi connectivity index (χ1v) is 7.03. The van der Waals surface area contributed by atoms with Gasteiger partial charge in [0.25, 0.3) is 0 Å². The van der Waals surface area contributed by atoms with Gasteiger partial charge in [-0.3, -0.25) is 0 Å². The molecule has 0 radical (unpaired) electrons. The van der Waals surface area contributed by atoms with Crippen molar-refractivity contribution in [2.75, 3.05) is 14.2 Å². The van der Waals surface area contributed by atoms with Crippen LogP contribution in [0, 0.1) is 20.8 Å². The third-order valence-corrected chi connectivity index (χ3v) is 3.74. The van der Waals surface area contributed by atoms with Gasteiger partial charge in [0.05, 0.1) is 20.3 Å². The van der Waals surface area contributed by atoms with Crippen LogP contribution in [-0.2, 0) is 0 Å². The van der Waals surface area contributed by atoms with Crippen LogP contribution in [0.15, 0.2) is 30.3 Å². The second kappa shape index (κ2) is 6.19. The van der Waals surface area contributed by atoms with Gasteiger partial charge in [-0.15, -0.1) is 0 Å². The van der Waals surface area contributed by atoms with E-state index in [1.807, 2.05) is 18.2 Å². The number of rotatable bonds is 4. The number of hydrogen-bond acceptors (Lipinski definition) is 3. The number of ether oxygens (including phenoxy) is 2. The minimum absolute atomic E-state index is 0.282. The third-order valence-electron chi connectivity index (χ3n) is 3.74. The van der Waals surface area contributed by atoms with Crippen molar-refractivity contribution in [1.29, 1.82) is 0 Å². The molecule has 2 N–H and O–H groups in total. The maximum Gasteiger partial charge on any atom is 0.124 e. The number of nitrogens with two attached hydrogens (primary N) is 1. The molecule has 1 unspecified atom stereocenters. The molecule has 3 heteroatoms. The summed E-state index contributed by atoms with van der Waals surface area (Å²) in [5.74, 6) is 1.62. The average Bonchev–Trinajstić information content (AvgIpc) is 2.45. The Morgan fingerprint density at radius 3 is 2.14 bits per heavy atom. The summed E-state index contributed by atoms with van der Waals surface area (Å²) in [5.41, 5.74) is 12.0. The van der Waals surface area contributed by atoms with Crippen LogP contribution in [0.3, 0.4) is 0 Å². The summed E-state index contributed by atoms with van der Waals surface area (Å²) in [7, 11) is 3.35. The maximum absolute atomic E-state index is 6.53. The van der Waals surface area contributed by atoms with Crippen LogP contribution in [0.4, 0.5) is 0 Å². The molecule has 0 aliphatic heterocycles. The molecule has 0 aliphatic rings. The lowest BCUT2D eigenvalue weighted by Gasteiger charge is -2.21. The molecule has 0 spiro atoms. The van der Waals surface area contributed by atoms with Crippen molar-refractivity contribution in [3.05, 3.63) is 58.1 Å². The summed E-state index contributed by atoms with van der Waals surface area (Å²) < 4.78 is 11.0. The summed E-state index contributed by atoms with van der Waals surface area (Å²) in [6.45, 7) is 6.17. The molecule has 0 aromatic heterocycles. The Morgan fingerprint density at radius 1 is 0.857 bits per heavy atom. The topological polar surface area (TPSA) is 44.5 Å². The fourth-order valence-corrected chi connectivity index (χ4v) is 2.76. The van der Waals surface area contributed by atoms with Gasteiger partial charge in [0, 0.05) is 11.1 Å². The molecule has 21 heavy (non-hydrogen) atoms. The van der Waals surface area contributed by atoms with Crippen molar-refractivity contribution in [1.82, 2.24) is 0 Å². The normalized spacial score (nSPS) is 12.1. The minimum Gasteiger partial charge on any atom is -0.496 e. The van der Waals surface area contributed by atoms with Crippen LogP contribution in [0.25, 0.3) is 0 Å². The zero-order valence-electron chi connectivity index (χ0n) is 13.4. The van der Waals surface area contributed by atoms with E-state index in [1.165, 1.54) is 0 Å². The first-order valence-electron chi connectivity index (χ1n) is 7.03. The molecule has 0 heterocycles. The number of methoxy groups -OCH3 is 2. The van der Waals surface area contributed by atoms with Crippen LogP contribution in [0.2, 0.25) is 0 Å². The zero-order chi connectivity index (χ0) is 15.6. The van der Waals surface area contributed by atoms with E-state index in [0.717, 1.165) is 39.3 Å². The van der Waals surface area contributed by atoms with Gasteiger partial charge < -0.3 is 15.2 Å². The number of hydrogen-bond donors (Lipinski definition) is 1. The second-order valence-corrected chi connectivity index (χ2v) is 5.42. The Kier molecular flexibility index (Phi) is 4.53. The van der Waals surface area contributed by atoms with Crippen molar-refractivity contribution < 1.29 is 9.47 Å². The molecule has 0 fully saturated rings. The molecule has 1 atom stereocenters. The smallest absolute Gasteiger partial charge is 0.124 e. The predicted molar refractivity (Wildman–Crippen MR) is 86.2 cm³/mol. The molecule has 0 aliphatic carbocycles. The van der Waals surface area contributed by atoms with Gasteiger partial charge in [0.1, 0.15) is 11.5 Å². The van der Waals surface area contributed by atoms with E-state index < -0.39 is 0 Å². The molecule has 2 rings (SSSR count). The fraction of sp³-hybridized carbons (Fsp3) is 0.333. The third kappa shape index (κ3) is 3.03. The summed E-state index contributed by atoms with van der Waals surface area (Å²) in [6.07, 6.45) is 0. The van der Waals surface area contributed by atoms with Crippen molar-refractivity contribution in [2.45, 2.75) is 26.8 Å². The second-order valence-electron chi connectivity index (χ2n) is 5.42. The van der Waals surface area contributed by atoms with E-state index in [1.54, 1.807) is 14.2 Å². The largest absolute Gasteiger partial charge is 0.496 e. The van der Waals surface area contributed by atoms with Gasteiger partial charge in [0.2, 0.25) is 0 Å². The Balaban J connectivity index is 2.59. The lowest BCUT2D eigenvalue weighted by atomic mass is 9.92. The lowest BCUT2D eigenvalue weighted by molar-refractivity contribution is 0.399. The summed E-state index contributed by atoms with van der Waals surface area (Å²) >= 11 is 0. The van der Waals surface area contributed by atoms with Crippen molar-refractivity contribution in [3.8, 4) is 11.5 Å². The Labute approximate surface area is 126 Å². The summed E-state index contributed by atoms with van der Waals surface area (Å²) in [4.78, 5) is 0. The maximum atomic E-state index is 6.53. The summed E-state index contributed by atoms with van der Waals surface area (Å²) in [6, 6.07) is 9.91. The first-order chi connectivity index (χ1) is 9.97. The molecule has 112 valence electrons. The Morgan fingerprint density at radius 2 is 1.52 bits per heavy atom. The van der Waals surface area contributed by atoms with E-state index in [4.69, 9.17) is 15.2 Å². The van der Waals surface area contributed by atoms with E-state index in [0.29, 0.717) is 0 Å². The standard InChI is InChI=1S/C18H23NO2/c1-11-6-7-15(20-4)14(9-11)18(19)17-13(3)8-12(2)10-16(17)21-5/h6-10,18H,19H2,1-5H3. The SMILES string of the molecule is COc1ccc(C)cc1C(N)c1c(C)cc(C)cc1OC. The lowest BCUT2D eigenvalue weighted by Crippen LogP contribution is -2.16. The van der Waals surface area contributed by atoms with Gasteiger partial charge in [-0.1, -0.05) is 23.8 Å². The Hall–Kier alpha value is -2.00. The van der Waals surface area contributed by atoms with Gasteiger partial charge in [-0.2, -0.15) is 0 Å². The minimum atomic E-state index is -0.282. The zero-order valence-corrected chi connectivity index (χ0v) is 13.4. The highest BCUT2D eigenvalue weighted by molar-refractivity contribution is 5.51. The van der Waals surface area contributed by atoms with Gasteiger partial charge in [-0.25, -0.2) is 0 Å². The summed E-state index contributed by atoms with van der Waals surface area (Å²) in [5, 5.41) is 0. The molecule has 2 aromatic rings. The van der Waals surface area contributed by atoms with Crippen LogP contribution >= 0.6 is 0 Å². The predicted octanol–water partition coefficient (Wildman–Crippen LogP) is 3.68. The molecule has 0 saturated carbocycles. The van der Waals surface area contributed by atoms with E-state index in [2.05, 4.69) is 32.9 Å². The fourth-order valence-electron chi connectivity index (χ4n) is 2.76. The van der Waals surface area contributed by atoms with Crippen LogP contribution in [-0.4, -0.2) is 14.2 Å². The molecule has 2 aromatic carbocycles. The van der Waals surface area contributed by atoms with Crippen LogP contribution < -0.4 is 15.2 Å². The molecule has 3 nitrogen and oxygen atoms in total. The monoisotopic (exact) mass is 285 g/mol. The number of aryl methyl sites for hydroxylation is 3. The van der Waals surface area contributed by atoms with Crippen molar-refractivity contribution >= 4 is 0 Å². The first kappa shape index (κ1) is 15.4. The van der Waals surface area contributed by atoms with Gasteiger partial charge in [0.15, 0.2) is 0 Å². The average molecular weight is 285 g/mol. The highest BCUT2D eigenvalue weighted by Gasteiger charge is 2.20. The highest BCUT2D eigenvalue weighted by Crippen LogP contribution is 2.36. The molecule has 0 amide bonds. The van der Waals surface area contributed by atoms with Crippen LogP contribution in [0.1, 0.15) is 33.9 Å². The van der Waals surface area contributed by atoms with E-state index in [-0.39, 0.29) is 6.04 Å². The van der Waals surface area contributed by atoms with Gasteiger partial charge >= 0.3 is 0 Å². The number of benzene rings is 2. The van der Waals surface area contributed by atoms with Crippen molar-refractivity contribution in [3.63, 3.8) is 0 Å². The quantitative estimate of drug-likeness (QED) is 0.932. The molecular formula is C18H23NO2. The van der Waals surface area contributed by atoms with E-state index in [9.17, 15) is 0 Å². The van der Waals surface area contributed by atoms with Crippen molar-refractivity contribution in [2.24, 2.45) is 5.73 Å². The Bertz CT molecular complexity index is 650. The van der Waals surface area contributed by atoms with Crippen LogP contribution in [0.5, 0.6) is 11.5 Å².